The van der Waals surface area contributed by atoms with Gasteiger partial charge in [-0.05, 0) is 36.0 Å². The standard InChI is InChI=1S/C19H12Cl2N6S/c20-14-3-1-2-13(18(14)21)15-8-17(23-9-12-4-6-22-7-5-12)27-19(26-15)16(10-25-27)24-11-28/h1-8,10,23H,9H2. The van der Waals surface area contributed by atoms with Crippen LogP contribution in [0.4, 0.5) is 11.5 Å². The highest BCUT2D eigenvalue weighted by Crippen LogP contribution is 2.34. The fourth-order valence-corrected chi connectivity index (χ4v) is 3.23. The minimum Gasteiger partial charge on any atom is -0.366 e. The third-order valence-electron chi connectivity index (χ3n) is 4.07. The highest BCUT2D eigenvalue weighted by Gasteiger charge is 2.15. The molecular weight excluding hydrogens is 415 g/mol. The zero-order chi connectivity index (χ0) is 19.5. The third-order valence-corrected chi connectivity index (χ3v) is 4.98. The average molecular weight is 427 g/mol. The van der Waals surface area contributed by atoms with Gasteiger partial charge < -0.3 is 5.32 Å². The van der Waals surface area contributed by atoms with Crippen LogP contribution in [-0.4, -0.2) is 24.7 Å². The minimum absolute atomic E-state index is 0.431. The molecule has 0 saturated heterocycles. The Bertz CT molecular complexity index is 1200. The van der Waals surface area contributed by atoms with Crippen molar-refractivity contribution in [2.24, 2.45) is 4.99 Å². The second-order valence-electron chi connectivity index (χ2n) is 5.81. The van der Waals surface area contributed by atoms with E-state index in [4.69, 9.17) is 35.4 Å². The third kappa shape index (κ3) is 3.61. The van der Waals surface area contributed by atoms with Gasteiger partial charge in [0.2, 0.25) is 0 Å². The van der Waals surface area contributed by atoms with Crippen LogP contribution in [-0.2, 0) is 6.54 Å². The maximum Gasteiger partial charge on any atom is 0.184 e. The Morgan fingerprint density at radius 1 is 1.18 bits per heavy atom. The largest absolute Gasteiger partial charge is 0.366 e. The van der Waals surface area contributed by atoms with Crippen molar-refractivity contribution < 1.29 is 0 Å². The normalized spacial score (nSPS) is 10.6. The molecule has 0 atom stereocenters. The highest BCUT2D eigenvalue weighted by molar-refractivity contribution is 7.78. The van der Waals surface area contributed by atoms with E-state index in [1.54, 1.807) is 29.2 Å². The van der Waals surface area contributed by atoms with E-state index in [-0.39, 0.29) is 0 Å². The molecule has 0 spiro atoms. The van der Waals surface area contributed by atoms with E-state index in [9.17, 15) is 0 Å². The zero-order valence-corrected chi connectivity index (χ0v) is 16.6. The highest BCUT2D eigenvalue weighted by atomic mass is 35.5. The summed E-state index contributed by atoms with van der Waals surface area (Å²) < 4.78 is 1.66. The summed E-state index contributed by atoms with van der Waals surface area (Å²) in [5, 5.41) is 11.0. The lowest BCUT2D eigenvalue weighted by Gasteiger charge is -2.12. The first-order valence-corrected chi connectivity index (χ1v) is 9.37. The first kappa shape index (κ1) is 18.5. The Morgan fingerprint density at radius 2 is 2.00 bits per heavy atom. The van der Waals surface area contributed by atoms with Gasteiger partial charge in [-0.3, -0.25) is 4.98 Å². The Balaban J connectivity index is 1.85. The number of hydrogen-bond donors (Lipinski definition) is 1. The number of thiocarbonyl (C=S) groups is 1. The van der Waals surface area contributed by atoms with Crippen LogP contribution >= 0.6 is 35.4 Å². The monoisotopic (exact) mass is 426 g/mol. The van der Waals surface area contributed by atoms with Crippen LogP contribution in [0.5, 0.6) is 0 Å². The number of pyridine rings is 1. The van der Waals surface area contributed by atoms with Crippen molar-refractivity contribution >= 4 is 57.7 Å². The number of aromatic nitrogens is 4. The maximum absolute atomic E-state index is 6.40. The number of isothiocyanates is 1. The molecular formula is C19H12Cl2N6S. The molecule has 3 heterocycles. The number of benzene rings is 1. The molecule has 6 nitrogen and oxygen atoms in total. The summed E-state index contributed by atoms with van der Waals surface area (Å²) in [6.07, 6.45) is 5.08. The number of rotatable bonds is 5. The van der Waals surface area contributed by atoms with Gasteiger partial charge in [0, 0.05) is 30.6 Å². The van der Waals surface area contributed by atoms with Crippen molar-refractivity contribution in [3.05, 3.63) is 70.6 Å². The molecule has 0 amide bonds. The Kier molecular flexibility index (Phi) is 5.32. The summed E-state index contributed by atoms with van der Waals surface area (Å²) in [4.78, 5) is 12.8. The predicted octanol–water partition coefficient (Wildman–Crippen LogP) is 5.44. The lowest BCUT2D eigenvalue weighted by atomic mass is 10.1. The quantitative estimate of drug-likeness (QED) is 0.339. The SMILES string of the molecule is S=C=Nc1cnn2c(NCc3ccncc3)cc(-c3cccc(Cl)c3Cl)nc12. The van der Waals surface area contributed by atoms with Crippen molar-refractivity contribution in [1.29, 1.82) is 0 Å². The number of anilines is 1. The number of nitrogens with one attached hydrogen (secondary N) is 1. The molecule has 9 heteroatoms. The lowest BCUT2D eigenvalue weighted by molar-refractivity contribution is 0.926. The second-order valence-corrected chi connectivity index (χ2v) is 6.77. The number of halogens is 2. The first-order valence-electron chi connectivity index (χ1n) is 8.21. The molecule has 28 heavy (non-hydrogen) atoms. The summed E-state index contributed by atoms with van der Waals surface area (Å²) in [5.74, 6) is 0.721. The van der Waals surface area contributed by atoms with E-state index in [2.05, 4.69) is 30.5 Å². The van der Waals surface area contributed by atoms with Crippen molar-refractivity contribution in [1.82, 2.24) is 19.6 Å². The van der Waals surface area contributed by atoms with E-state index in [1.807, 2.05) is 30.3 Å². The Morgan fingerprint density at radius 3 is 2.79 bits per heavy atom. The van der Waals surface area contributed by atoms with Gasteiger partial charge in [-0.25, -0.2) is 4.98 Å². The first-order chi connectivity index (χ1) is 13.7. The molecule has 1 aromatic carbocycles. The second kappa shape index (κ2) is 8.04. The molecule has 138 valence electrons. The maximum atomic E-state index is 6.40. The summed E-state index contributed by atoms with van der Waals surface area (Å²) in [5.41, 5.74) is 3.47. The van der Waals surface area contributed by atoms with E-state index in [1.165, 1.54) is 0 Å². The Labute approximate surface area is 175 Å². The summed E-state index contributed by atoms with van der Waals surface area (Å²) in [6, 6.07) is 11.2. The molecule has 0 saturated carbocycles. The van der Waals surface area contributed by atoms with Gasteiger partial charge in [0.25, 0.3) is 0 Å². The number of aliphatic imine (C=N–C) groups is 1. The van der Waals surface area contributed by atoms with Gasteiger partial charge in [-0.15, -0.1) is 0 Å². The van der Waals surface area contributed by atoms with Crippen LogP contribution in [0.25, 0.3) is 16.9 Å². The molecule has 0 aliphatic carbocycles. The minimum atomic E-state index is 0.431. The molecule has 0 unspecified atom stereocenters. The molecule has 1 N–H and O–H groups in total. The molecule has 3 aromatic heterocycles. The van der Waals surface area contributed by atoms with Gasteiger partial charge in [0.15, 0.2) is 5.65 Å². The van der Waals surface area contributed by atoms with E-state index < -0.39 is 0 Å². The van der Waals surface area contributed by atoms with Crippen molar-refractivity contribution in [2.75, 3.05) is 5.32 Å². The van der Waals surface area contributed by atoms with Gasteiger partial charge in [-0.2, -0.15) is 14.6 Å². The Hall–Kier alpha value is -2.83. The van der Waals surface area contributed by atoms with Crippen molar-refractivity contribution in [2.45, 2.75) is 6.54 Å². The lowest BCUT2D eigenvalue weighted by Crippen LogP contribution is -2.06. The van der Waals surface area contributed by atoms with Crippen LogP contribution in [0.3, 0.4) is 0 Å². The summed E-state index contributed by atoms with van der Waals surface area (Å²) >= 11 is 17.3. The van der Waals surface area contributed by atoms with Gasteiger partial charge in [0.05, 0.1) is 27.1 Å². The van der Waals surface area contributed by atoms with Crippen LogP contribution in [0, 0.1) is 0 Å². The van der Waals surface area contributed by atoms with Crippen molar-refractivity contribution in [3.8, 4) is 11.3 Å². The van der Waals surface area contributed by atoms with E-state index in [0.29, 0.717) is 39.2 Å². The molecule has 0 radical (unpaired) electrons. The fourth-order valence-electron chi connectivity index (χ4n) is 2.74. The van der Waals surface area contributed by atoms with Crippen molar-refractivity contribution in [3.63, 3.8) is 0 Å². The zero-order valence-electron chi connectivity index (χ0n) is 14.3. The molecule has 0 aliphatic heterocycles. The van der Waals surface area contributed by atoms with Crippen LogP contribution in [0.2, 0.25) is 10.0 Å². The van der Waals surface area contributed by atoms with Crippen LogP contribution < -0.4 is 5.32 Å². The average Bonchev–Trinajstić information content (AvgIpc) is 3.12. The molecule has 4 rings (SSSR count). The van der Waals surface area contributed by atoms with Gasteiger partial charge in [0.1, 0.15) is 11.5 Å². The van der Waals surface area contributed by atoms with E-state index >= 15 is 0 Å². The summed E-state index contributed by atoms with van der Waals surface area (Å²) in [6.45, 7) is 0.579. The number of hydrogen-bond acceptors (Lipinski definition) is 6. The summed E-state index contributed by atoms with van der Waals surface area (Å²) in [7, 11) is 0. The molecule has 0 fully saturated rings. The van der Waals surface area contributed by atoms with Crippen LogP contribution in [0.15, 0.2) is 60.0 Å². The van der Waals surface area contributed by atoms with Gasteiger partial charge in [-0.1, -0.05) is 35.3 Å². The molecule has 0 bridgehead atoms. The number of nitrogens with zero attached hydrogens (tertiary/aromatic N) is 5. The predicted molar refractivity (Wildman–Crippen MR) is 115 cm³/mol. The fraction of sp³-hybridized carbons (Fsp3) is 0.0526. The molecule has 0 aliphatic rings. The van der Waals surface area contributed by atoms with E-state index in [0.717, 1.165) is 11.4 Å². The molecule has 4 aromatic rings. The topological polar surface area (TPSA) is 67.5 Å². The van der Waals surface area contributed by atoms with Gasteiger partial charge >= 0.3 is 0 Å². The van der Waals surface area contributed by atoms with Crippen LogP contribution in [0.1, 0.15) is 5.56 Å². The number of fused-ring (bicyclic) bond motifs is 1. The smallest absolute Gasteiger partial charge is 0.184 e.